The molecule has 1 aliphatic carbocycles. The monoisotopic (exact) mass is 190 g/mol. The van der Waals surface area contributed by atoms with Gasteiger partial charge in [0.25, 0.3) is 0 Å². The van der Waals surface area contributed by atoms with Crippen LogP contribution in [0.15, 0.2) is 48.5 Å². The second kappa shape index (κ2) is 2.40. The van der Waals surface area contributed by atoms with Gasteiger partial charge < -0.3 is 0 Å². The van der Waals surface area contributed by atoms with E-state index in [1.54, 1.807) is 0 Å². The molecule has 0 N–H and O–H groups in total. The number of hydrogen-bond donors (Lipinski definition) is 0. The molecule has 4 rings (SSSR count). The average molecular weight is 190 g/mol. The Bertz CT molecular complexity index is 684. The Kier molecular flexibility index (Phi) is 1.20. The smallest absolute Gasteiger partial charge is 0.000728 e. The van der Waals surface area contributed by atoms with Gasteiger partial charge in [-0.3, -0.25) is 0 Å². The summed E-state index contributed by atoms with van der Waals surface area (Å²) in [5.41, 5.74) is 3.00. The van der Waals surface area contributed by atoms with Crippen LogP contribution >= 0.6 is 0 Å². The molecule has 0 heteroatoms. The fraction of sp³-hybridized carbons (Fsp3) is 0.0667. The Morgan fingerprint density at radius 3 is 2.60 bits per heavy atom. The van der Waals surface area contributed by atoms with Crippen LogP contribution in [0.1, 0.15) is 11.1 Å². The van der Waals surface area contributed by atoms with Gasteiger partial charge >= 0.3 is 0 Å². The van der Waals surface area contributed by atoms with Gasteiger partial charge in [-0.05, 0) is 45.2 Å². The van der Waals surface area contributed by atoms with Gasteiger partial charge in [-0.15, -0.1) is 0 Å². The Hall–Kier alpha value is -1.82. The standard InChI is InChI=1S/C15H10/c1-2-6-12-10(4-1)8-14-11-5-3-7-13(14)15(12)9-11/h1-8H,9H2. The summed E-state index contributed by atoms with van der Waals surface area (Å²) in [6.07, 6.45) is 1.12. The molecule has 0 saturated heterocycles. The minimum Gasteiger partial charge on any atom is -0.0616 e. The number of fused-ring (bicyclic) bond motifs is 2. The molecule has 0 aliphatic heterocycles. The highest BCUT2D eigenvalue weighted by atomic mass is 14.2. The van der Waals surface area contributed by atoms with Gasteiger partial charge in [0, 0.05) is 0 Å². The molecule has 0 unspecified atom stereocenters. The van der Waals surface area contributed by atoms with Gasteiger partial charge in [0.15, 0.2) is 0 Å². The Labute approximate surface area is 88.2 Å². The SMILES string of the molecule is c1ccc2c3c4cccc(c4cc2c1)C3. The van der Waals surface area contributed by atoms with Crippen molar-refractivity contribution in [3.63, 3.8) is 0 Å². The molecule has 0 heterocycles. The Morgan fingerprint density at radius 1 is 0.733 bits per heavy atom. The van der Waals surface area contributed by atoms with Crippen LogP contribution in [0, 0.1) is 0 Å². The summed E-state index contributed by atoms with van der Waals surface area (Å²) in [6.45, 7) is 0. The van der Waals surface area contributed by atoms with E-state index in [-0.39, 0.29) is 0 Å². The third-order valence-electron chi connectivity index (χ3n) is 3.47. The Balaban J connectivity index is 2.36. The van der Waals surface area contributed by atoms with Crippen LogP contribution in [0.5, 0.6) is 0 Å². The highest BCUT2D eigenvalue weighted by Crippen LogP contribution is 2.37. The molecule has 0 amide bonds. The molecule has 0 radical (unpaired) electrons. The molecule has 15 heavy (non-hydrogen) atoms. The van der Waals surface area contributed by atoms with Crippen LogP contribution < -0.4 is 0 Å². The summed E-state index contributed by atoms with van der Waals surface area (Å²) in [4.78, 5) is 0. The van der Waals surface area contributed by atoms with Gasteiger partial charge in [-0.2, -0.15) is 0 Å². The van der Waals surface area contributed by atoms with Crippen molar-refractivity contribution in [2.45, 2.75) is 6.42 Å². The molecule has 0 fully saturated rings. The first-order valence-electron chi connectivity index (χ1n) is 5.36. The maximum Gasteiger partial charge on any atom is -0.000728 e. The maximum absolute atomic E-state index is 2.33. The second-order valence-corrected chi connectivity index (χ2v) is 4.27. The molecule has 0 spiro atoms. The van der Waals surface area contributed by atoms with Gasteiger partial charge in [0.2, 0.25) is 0 Å². The van der Waals surface area contributed by atoms with Crippen molar-refractivity contribution in [1.29, 1.82) is 0 Å². The fourth-order valence-electron chi connectivity index (χ4n) is 2.78. The largest absolute Gasteiger partial charge is 0.0616 e. The van der Waals surface area contributed by atoms with Crippen molar-refractivity contribution in [2.24, 2.45) is 0 Å². The Morgan fingerprint density at radius 2 is 1.60 bits per heavy atom. The molecule has 0 aromatic heterocycles. The van der Waals surface area contributed by atoms with E-state index in [9.17, 15) is 0 Å². The molecule has 4 bridgehead atoms. The lowest BCUT2D eigenvalue weighted by molar-refractivity contribution is 1.31. The van der Waals surface area contributed by atoms with Crippen molar-refractivity contribution in [3.05, 3.63) is 59.7 Å². The maximum atomic E-state index is 2.33. The van der Waals surface area contributed by atoms with E-state index in [1.165, 1.54) is 32.7 Å². The van der Waals surface area contributed by atoms with Crippen LogP contribution in [-0.4, -0.2) is 0 Å². The molecule has 3 aromatic carbocycles. The van der Waals surface area contributed by atoms with E-state index >= 15 is 0 Å². The molecule has 0 saturated carbocycles. The number of hydrogen-bond acceptors (Lipinski definition) is 0. The van der Waals surface area contributed by atoms with Crippen LogP contribution in [0.25, 0.3) is 21.5 Å². The van der Waals surface area contributed by atoms with Crippen molar-refractivity contribution < 1.29 is 0 Å². The van der Waals surface area contributed by atoms with Crippen molar-refractivity contribution in [2.75, 3.05) is 0 Å². The highest BCUT2D eigenvalue weighted by molar-refractivity contribution is 6.06. The lowest BCUT2D eigenvalue weighted by atomic mass is 10.0. The van der Waals surface area contributed by atoms with Crippen LogP contribution in [-0.2, 0) is 6.42 Å². The molecular weight excluding hydrogens is 180 g/mol. The molecule has 0 nitrogen and oxygen atoms in total. The van der Waals surface area contributed by atoms with Crippen LogP contribution in [0.2, 0.25) is 0 Å². The van der Waals surface area contributed by atoms with Gasteiger partial charge in [0.1, 0.15) is 0 Å². The summed E-state index contributed by atoms with van der Waals surface area (Å²) < 4.78 is 0. The van der Waals surface area contributed by atoms with E-state index < -0.39 is 0 Å². The summed E-state index contributed by atoms with van der Waals surface area (Å²) in [5.74, 6) is 0. The summed E-state index contributed by atoms with van der Waals surface area (Å²) in [5, 5.41) is 5.70. The van der Waals surface area contributed by atoms with Gasteiger partial charge in [0.05, 0.1) is 0 Å². The lowest BCUT2D eigenvalue weighted by Crippen LogP contribution is -1.79. The van der Waals surface area contributed by atoms with E-state index in [0.29, 0.717) is 0 Å². The third-order valence-corrected chi connectivity index (χ3v) is 3.47. The average Bonchev–Trinajstić information content (AvgIpc) is 2.47. The van der Waals surface area contributed by atoms with Gasteiger partial charge in [-0.1, -0.05) is 42.5 Å². The molecule has 0 atom stereocenters. The zero-order valence-electron chi connectivity index (χ0n) is 8.33. The molecular formula is C15H10. The molecule has 70 valence electrons. The lowest BCUT2D eigenvalue weighted by Gasteiger charge is -2.01. The first-order valence-corrected chi connectivity index (χ1v) is 5.36. The summed E-state index contributed by atoms with van der Waals surface area (Å²) >= 11 is 0. The van der Waals surface area contributed by atoms with Crippen molar-refractivity contribution >= 4 is 21.5 Å². The first kappa shape index (κ1) is 7.47. The minimum absolute atomic E-state index is 1.12. The predicted molar refractivity (Wildman–Crippen MR) is 64.3 cm³/mol. The van der Waals surface area contributed by atoms with Crippen molar-refractivity contribution in [3.8, 4) is 0 Å². The second-order valence-electron chi connectivity index (χ2n) is 4.27. The molecule has 1 aliphatic rings. The van der Waals surface area contributed by atoms with E-state index in [1.807, 2.05) is 0 Å². The topological polar surface area (TPSA) is 0 Å². The van der Waals surface area contributed by atoms with Gasteiger partial charge in [-0.25, -0.2) is 0 Å². The summed E-state index contributed by atoms with van der Waals surface area (Å²) in [7, 11) is 0. The fourth-order valence-corrected chi connectivity index (χ4v) is 2.78. The van der Waals surface area contributed by atoms with E-state index in [4.69, 9.17) is 0 Å². The zero-order valence-corrected chi connectivity index (χ0v) is 8.33. The van der Waals surface area contributed by atoms with Crippen LogP contribution in [0.4, 0.5) is 0 Å². The van der Waals surface area contributed by atoms with E-state index in [2.05, 4.69) is 48.5 Å². The van der Waals surface area contributed by atoms with Crippen molar-refractivity contribution in [1.82, 2.24) is 0 Å². The zero-order chi connectivity index (χ0) is 9.83. The quantitative estimate of drug-likeness (QED) is 0.369. The van der Waals surface area contributed by atoms with Crippen LogP contribution in [0.3, 0.4) is 0 Å². The number of benzene rings is 3. The third kappa shape index (κ3) is 0.822. The number of rotatable bonds is 0. The highest BCUT2D eigenvalue weighted by Gasteiger charge is 2.16. The first-order chi connectivity index (χ1) is 7.43. The summed E-state index contributed by atoms with van der Waals surface area (Å²) in [6, 6.07) is 17.7. The predicted octanol–water partition coefficient (Wildman–Crippen LogP) is 3.90. The van der Waals surface area contributed by atoms with E-state index in [0.717, 1.165) is 6.42 Å². The molecule has 3 aromatic rings. The minimum atomic E-state index is 1.12. The normalized spacial score (nSPS) is 13.1.